The van der Waals surface area contributed by atoms with Crippen LogP contribution in [0.25, 0.3) is 0 Å². The van der Waals surface area contributed by atoms with Crippen LogP contribution in [0.4, 0.5) is 5.69 Å². The highest BCUT2D eigenvalue weighted by atomic mass is 79.9. The molecule has 92 valence electrons. The van der Waals surface area contributed by atoms with E-state index in [0.717, 1.165) is 4.47 Å². The summed E-state index contributed by atoms with van der Waals surface area (Å²) in [6, 6.07) is 10.6. The third-order valence-electron chi connectivity index (χ3n) is 2.42. The first-order chi connectivity index (χ1) is 8.58. The monoisotopic (exact) mass is 324 g/mol. The Morgan fingerprint density at radius 2 is 2.00 bits per heavy atom. The third kappa shape index (κ3) is 2.89. The summed E-state index contributed by atoms with van der Waals surface area (Å²) in [5.74, 6) is -0.185. The Hall–Kier alpha value is -1.39. The summed E-state index contributed by atoms with van der Waals surface area (Å²) in [6.07, 6.45) is 0. The van der Waals surface area contributed by atoms with E-state index in [-0.39, 0.29) is 5.91 Å². The zero-order chi connectivity index (χ0) is 13.1. The number of amides is 1. The van der Waals surface area contributed by atoms with E-state index < -0.39 is 0 Å². The number of hydrogen-bond acceptors (Lipinski definition) is 2. The molecule has 0 spiro atoms. The van der Waals surface area contributed by atoms with Crippen molar-refractivity contribution in [2.75, 3.05) is 5.32 Å². The number of pyridine rings is 1. The van der Waals surface area contributed by atoms with E-state index in [0.29, 0.717) is 22.1 Å². The van der Waals surface area contributed by atoms with E-state index >= 15 is 0 Å². The van der Waals surface area contributed by atoms with Crippen molar-refractivity contribution in [1.29, 1.82) is 0 Å². The minimum atomic E-state index is -0.185. The molecule has 0 atom stereocenters. The quantitative estimate of drug-likeness (QED) is 0.846. The molecule has 0 fully saturated rings. The number of aromatic nitrogens is 1. The van der Waals surface area contributed by atoms with Crippen LogP contribution in [0.15, 0.2) is 40.9 Å². The summed E-state index contributed by atoms with van der Waals surface area (Å²) >= 11 is 9.11. The SMILES string of the molecule is Cc1nc(Cl)ccc1NC(=O)c1ccccc1Br. The maximum absolute atomic E-state index is 12.1. The molecule has 1 aromatic heterocycles. The molecule has 1 amide bonds. The van der Waals surface area contributed by atoms with Gasteiger partial charge >= 0.3 is 0 Å². The summed E-state index contributed by atoms with van der Waals surface area (Å²) in [5, 5.41) is 3.21. The molecule has 0 unspecified atom stereocenters. The third-order valence-corrected chi connectivity index (χ3v) is 3.32. The molecule has 2 rings (SSSR count). The Bertz CT molecular complexity index is 601. The topological polar surface area (TPSA) is 42.0 Å². The van der Waals surface area contributed by atoms with Crippen LogP contribution < -0.4 is 5.32 Å². The number of aryl methyl sites for hydroxylation is 1. The van der Waals surface area contributed by atoms with Crippen LogP contribution in [-0.4, -0.2) is 10.9 Å². The van der Waals surface area contributed by atoms with Gasteiger partial charge in [-0.2, -0.15) is 0 Å². The first-order valence-electron chi connectivity index (χ1n) is 5.27. The Morgan fingerprint density at radius 1 is 1.28 bits per heavy atom. The van der Waals surface area contributed by atoms with Crippen molar-refractivity contribution in [2.24, 2.45) is 0 Å². The zero-order valence-corrected chi connectivity index (χ0v) is 11.9. The number of nitrogens with zero attached hydrogens (tertiary/aromatic N) is 1. The first-order valence-corrected chi connectivity index (χ1v) is 6.44. The smallest absolute Gasteiger partial charge is 0.256 e. The highest BCUT2D eigenvalue weighted by Crippen LogP contribution is 2.20. The van der Waals surface area contributed by atoms with Crippen LogP contribution in [0.5, 0.6) is 0 Å². The van der Waals surface area contributed by atoms with Crippen LogP contribution in [0.1, 0.15) is 16.1 Å². The van der Waals surface area contributed by atoms with Gasteiger partial charge < -0.3 is 5.32 Å². The van der Waals surface area contributed by atoms with Gasteiger partial charge in [0.05, 0.1) is 16.9 Å². The second-order valence-corrected chi connectivity index (χ2v) is 4.94. The lowest BCUT2D eigenvalue weighted by atomic mass is 10.2. The van der Waals surface area contributed by atoms with Gasteiger partial charge in [-0.25, -0.2) is 4.98 Å². The Morgan fingerprint density at radius 3 is 2.67 bits per heavy atom. The van der Waals surface area contributed by atoms with Crippen molar-refractivity contribution in [1.82, 2.24) is 4.98 Å². The fraction of sp³-hybridized carbons (Fsp3) is 0.0769. The average molecular weight is 326 g/mol. The Labute approximate surface area is 118 Å². The normalized spacial score (nSPS) is 10.2. The zero-order valence-electron chi connectivity index (χ0n) is 9.58. The Kier molecular flexibility index (Phi) is 3.99. The number of nitrogens with one attached hydrogen (secondary N) is 1. The molecule has 18 heavy (non-hydrogen) atoms. The van der Waals surface area contributed by atoms with Gasteiger partial charge in [0.1, 0.15) is 5.15 Å². The minimum Gasteiger partial charge on any atom is -0.320 e. The highest BCUT2D eigenvalue weighted by molar-refractivity contribution is 9.10. The molecular weight excluding hydrogens is 316 g/mol. The van der Waals surface area contributed by atoms with E-state index in [4.69, 9.17) is 11.6 Å². The van der Waals surface area contributed by atoms with Crippen molar-refractivity contribution in [3.8, 4) is 0 Å². The van der Waals surface area contributed by atoms with Crippen molar-refractivity contribution < 1.29 is 4.79 Å². The first kappa shape index (κ1) is 13.1. The number of anilines is 1. The lowest BCUT2D eigenvalue weighted by Gasteiger charge is -2.08. The number of rotatable bonds is 2. The molecule has 1 N–H and O–H groups in total. The summed E-state index contributed by atoms with van der Waals surface area (Å²) < 4.78 is 0.752. The molecule has 0 saturated carbocycles. The summed E-state index contributed by atoms with van der Waals surface area (Å²) in [5.41, 5.74) is 1.91. The second-order valence-electron chi connectivity index (χ2n) is 3.70. The molecule has 0 radical (unpaired) electrons. The minimum absolute atomic E-state index is 0.185. The van der Waals surface area contributed by atoms with Gasteiger partial charge in [0.15, 0.2) is 0 Å². The number of carbonyl (C=O) groups excluding carboxylic acids is 1. The molecule has 0 aliphatic carbocycles. The molecule has 3 nitrogen and oxygen atoms in total. The second kappa shape index (κ2) is 5.50. The lowest BCUT2D eigenvalue weighted by Crippen LogP contribution is -2.13. The molecule has 1 heterocycles. The highest BCUT2D eigenvalue weighted by Gasteiger charge is 2.11. The van der Waals surface area contributed by atoms with Gasteiger partial charge in [-0.1, -0.05) is 23.7 Å². The predicted octanol–water partition coefficient (Wildman–Crippen LogP) is 4.06. The largest absolute Gasteiger partial charge is 0.320 e. The van der Waals surface area contributed by atoms with Gasteiger partial charge in [-0.3, -0.25) is 4.79 Å². The van der Waals surface area contributed by atoms with E-state index in [1.807, 2.05) is 18.2 Å². The lowest BCUT2D eigenvalue weighted by molar-refractivity contribution is 0.102. The molecular formula is C13H10BrClN2O. The fourth-order valence-electron chi connectivity index (χ4n) is 1.50. The van der Waals surface area contributed by atoms with Crippen LogP contribution in [-0.2, 0) is 0 Å². The molecule has 0 bridgehead atoms. The van der Waals surface area contributed by atoms with Crippen LogP contribution in [0.2, 0.25) is 5.15 Å². The van der Waals surface area contributed by atoms with Gasteiger partial charge in [0, 0.05) is 4.47 Å². The average Bonchev–Trinajstić information content (AvgIpc) is 2.33. The number of benzene rings is 1. The summed E-state index contributed by atoms with van der Waals surface area (Å²) in [6.45, 7) is 1.79. The molecule has 0 aliphatic rings. The number of carbonyl (C=O) groups is 1. The Balaban J connectivity index is 2.24. The van der Waals surface area contributed by atoms with Crippen molar-refractivity contribution in [2.45, 2.75) is 6.92 Å². The number of hydrogen-bond donors (Lipinski definition) is 1. The van der Waals surface area contributed by atoms with Crippen LogP contribution in [0.3, 0.4) is 0 Å². The summed E-state index contributed by atoms with van der Waals surface area (Å²) in [7, 11) is 0. The van der Waals surface area contributed by atoms with E-state index in [1.54, 1.807) is 25.1 Å². The van der Waals surface area contributed by atoms with E-state index in [1.165, 1.54) is 0 Å². The number of halogens is 2. The van der Waals surface area contributed by atoms with Crippen LogP contribution in [0, 0.1) is 6.92 Å². The maximum Gasteiger partial charge on any atom is 0.256 e. The van der Waals surface area contributed by atoms with E-state index in [9.17, 15) is 4.79 Å². The molecule has 0 aliphatic heterocycles. The fourth-order valence-corrected chi connectivity index (χ4v) is 2.15. The van der Waals surface area contributed by atoms with E-state index in [2.05, 4.69) is 26.2 Å². The molecule has 2 aromatic rings. The predicted molar refractivity (Wildman–Crippen MR) is 76.1 cm³/mol. The molecule has 1 aromatic carbocycles. The maximum atomic E-state index is 12.1. The molecule has 5 heteroatoms. The van der Waals surface area contributed by atoms with Gasteiger partial charge in [-0.05, 0) is 47.1 Å². The van der Waals surface area contributed by atoms with Crippen molar-refractivity contribution >= 4 is 39.1 Å². The van der Waals surface area contributed by atoms with Gasteiger partial charge in [-0.15, -0.1) is 0 Å². The van der Waals surface area contributed by atoms with Crippen molar-refractivity contribution in [3.05, 3.63) is 57.3 Å². The molecule has 0 saturated heterocycles. The van der Waals surface area contributed by atoms with Gasteiger partial charge in [0.2, 0.25) is 0 Å². The standard InChI is InChI=1S/C13H10BrClN2O/c1-8-11(6-7-12(15)16-8)17-13(18)9-4-2-3-5-10(9)14/h2-7H,1H3,(H,17,18). The van der Waals surface area contributed by atoms with Crippen molar-refractivity contribution in [3.63, 3.8) is 0 Å². The van der Waals surface area contributed by atoms with Crippen LogP contribution >= 0.6 is 27.5 Å². The van der Waals surface area contributed by atoms with Gasteiger partial charge in [0.25, 0.3) is 5.91 Å². The summed E-state index contributed by atoms with van der Waals surface area (Å²) in [4.78, 5) is 16.2.